The summed E-state index contributed by atoms with van der Waals surface area (Å²) < 4.78 is 26.0. The van der Waals surface area contributed by atoms with E-state index in [4.69, 9.17) is 0 Å². The molecule has 7 heteroatoms. The van der Waals surface area contributed by atoms with Crippen molar-refractivity contribution in [1.29, 1.82) is 0 Å². The lowest BCUT2D eigenvalue weighted by Gasteiger charge is -2.09. The van der Waals surface area contributed by atoms with E-state index in [2.05, 4.69) is 10.0 Å². The third-order valence-electron chi connectivity index (χ3n) is 2.81. The van der Waals surface area contributed by atoms with E-state index in [9.17, 15) is 13.2 Å². The van der Waals surface area contributed by atoms with Crippen LogP contribution in [0.25, 0.3) is 0 Å². The highest BCUT2D eigenvalue weighted by atomic mass is 32.2. The summed E-state index contributed by atoms with van der Waals surface area (Å²) in [6, 6.07) is 10.5. The minimum Gasteiger partial charge on any atom is -0.326 e. The van der Waals surface area contributed by atoms with Gasteiger partial charge in [-0.3, -0.25) is 9.52 Å². The van der Waals surface area contributed by atoms with Crippen LogP contribution in [-0.4, -0.2) is 20.1 Å². The predicted molar refractivity (Wildman–Crippen MR) is 90.8 cm³/mol. The Kier molecular flexibility index (Phi) is 5.57. The first kappa shape index (κ1) is 16.5. The number of hydrogen-bond donors (Lipinski definition) is 2. The second-order valence-electron chi connectivity index (χ2n) is 4.81. The largest absolute Gasteiger partial charge is 0.326 e. The Balaban J connectivity index is 2.00. The highest BCUT2D eigenvalue weighted by molar-refractivity contribution is 7.92. The van der Waals surface area contributed by atoms with Gasteiger partial charge in [0.2, 0.25) is 15.9 Å². The van der Waals surface area contributed by atoms with Crippen molar-refractivity contribution >= 4 is 38.6 Å². The molecule has 1 amide bonds. The Bertz CT molecular complexity index is 725. The van der Waals surface area contributed by atoms with E-state index >= 15 is 0 Å². The summed E-state index contributed by atoms with van der Waals surface area (Å²) in [7, 11) is -3.33. The van der Waals surface area contributed by atoms with Gasteiger partial charge in [0.15, 0.2) is 0 Å². The lowest BCUT2D eigenvalue weighted by Crippen LogP contribution is -2.17. The number of thiophene rings is 1. The van der Waals surface area contributed by atoms with E-state index in [1.807, 2.05) is 17.5 Å². The molecule has 118 valence electrons. The van der Waals surface area contributed by atoms with E-state index in [0.29, 0.717) is 24.2 Å². The smallest absolute Gasteiger partial charge is 0.232 e. The molecule has 0 atom stereocenters. The SMILES string of the molecule is CCCS(=O)(=O)Nc1cccc(NC(=O)Cc2cccs2)c1. The molecule has 2 N–H and O–H groups in total. The van der Waals surface area contributed by atoms with Gasteiger partial charge in [0, 0.05) is 10.6 Å². The zero-order valence-corrected chi connectivity index (χ0v) is 13.8. The zero-order valence-electron chi connectivity index (χ0n) is 12.2. The Morgan fingerprint density at radius 2 is 1.95 bits per heavy atom. The Morgan fingerprint density at radius 1 is 1.18 bits per heavy atom. The van der Waals surface area contributed by atoms with Crippen LogP contribution in [0.2, 0.25) is 0 Å². The number of nitrogens with one attached hydrogen (secondary N) is 2. The van der Waals surface area contributed by atoms with Gasteiger partial charge in [-0.1, -0.05) is 19.1 Å². The summed E-state index contributed by atoms with van der Waals surface area (Å²) in [5.74, 6) is -0.0573. The van der Waals surface area contributed by atoms with Crippen LogP contribution >= 0.6 is 11.3 Å². The fourth-order valence-electron chi connectivity index (χ4n) is 1.94. The van der Waals surface area contributed by atoms with E-state index < -0.39 is 10.0 Å². The molecule has 2 rings (SSSR count). The van der Waals surface area contributed by atoms with Crippen LogP contribution in [0.3, 0.4) is 0 Å². The van der Waals surface area contributed by atoms with Gasteiger partial charge in [-0.05, 0) is 36.1 Å². The maximum Gasteiger partial charge on any atom is 0.232 e. The standard InChI is InChI=1S/C15H18N2O3S2/c1-2-9-22(19,20)17-13-6-3-5-12(10-13)16-15(18)11-14-7-4-8-21-14/h3-8,10,17H,2,9,11H2,1H3,(H,16,18). The molecule has 0 saturated carbocycles. The number of benzene rings is 1. The van der Waals surface area contributed by atoms with Gasteiger partial charge in [0.05, 0.1) is 17.9 Å². The predicted octanol–water partition coefficient (Wildman–Crippen LogP) is 3.08. The normalized spacial score (nSPS) is 11.1. The van der Waals surface area contributed by atoms with Gasteiger partial charge in [-0.25, -0.2) is 8.42 Å². The summed E-state index contributed by atoms with van der Waals surface area (Å²) in [5.41, 5.74) is 1.01. The number of sulfonamides is 1. The monoisotopic (exact) mass is 338 g/mol. The van der Waals surface area contributed by atoms with Crippen molar-refractivity contribution in [3.63, 3.8) is 0 Å². The lowest BCUT2D eigenvalue weighted by atomic mass is 10.2. The van der Waals surface area contributed by atoms with E-state index in [1.54, 1.807) is 31.2 Å². The number of carbonyl (C=O) groups is 1. The van der Waals surface area contributed by atoms with Gasteiger partial charge in [-0.15, -0.1) is 11.3 Å². The minimum absolute atomic E-state index is 0.0714. The van der Waals surface area contributed by atoms with Gasteiger partial charge in [0.1, 0.15) is 0 Å². The zero-order chi connectivity index (χ0) is 16.0. The first-order valence-electron chi connectivity index (χ1n) is 6.91. The summed E-state index contributed by atoms with van der Waals surface area (Å²) in [5, 5.41) is 4.69. The number of hydrogen-bond acceptors (Lipinski definition) is 4. The second kappa shape index (κ2) is 7.42. The van der Waals surface area contributed by atoms with E-state index in [-0.39, 0.29) is 11.7 Å². The number of rotatable bonds is 7. The lowest BCUT2D eigenvalue weighted by molar-refractivity contribution is -0.115. The average molecular weight is 338 g/mol. The van der Waals surface area contributed by atoms with Crippen LogP contribution < -0.4 is 10.0 Å². The average Bonchev–Trinajstić information content (AvgIpc) is 2.90. The van der Waals surface area contributed by atoms with E-state index in [1.165, 1.54) is 11.3 Å². The quantitative estimate of drug-likeness (QED) is 0.814. The maximum atomic E-state index is 11.9. The van der Waals surface area contributed by atoms with Gasteiger partial charge in [-0.2, -0.15) is 0 Å². The van der Waals surface area contributed by atoms with Crippen molar-refractivity contribution in [3.05, 3.63) is 46.7 Å². The fraction of sp³-hybridized carbons (Fsp3) is 0.267. The third-order valence-corrected chi connectivity index (χ3v) is 5.18. The maximum absolute atomic E-state index is 11.9. The van der Waals surface area contributed by atoms with Crippen LogP contribution in [0.1, 0.15) is 18.2 Å². The molecule has 1 heterocycles. The van der Waals surface area contributed by atoms with Crippen molar-refractivity contribution in [2.75, 3.05) is 15.8 Å². The van der Waals surface area contributed by atoms with Crippen LogP contribution in [0, 0.1) is 0 Å². The topological polar surface area (TPSA) is 75.3 Å². The molecule has 22 heavy (non-hydrogen) atoms. The first-order chi connectivity index (χ1) is 10.5. The molecule has 2 aromatic rings. The molecule has 0 spiro atoms. The van der Waals surface area contributed by atoms with Crippen molar-refractivity contribution in [2.24, 2.45) is 0 Å². The number of anilines is 2. The van der Waals surface area contributed by atoms with Gasteiger partial charge < -0.3 is 5.32 Å². The van der Waals surface area contributed by atoms with Crippen molar-refractivity contribution in [1.82, 2.24) is 0 Å². The molecule has 0 aliphatic carbocycles. The number of amides is 1. The molecule has 0 aliphatic rings. The summed E-state index contributed by atoms with van der Waals surface area (Å²) >= 11 is 1.53. The van der Waals surface area contributed by atoms with Crippen LogP contribution in [0.5, 0.6) is 0 Å². The molecule has 0 bridgehead atoms. The molecule has 1 aromatic heterocycles. The number of carbonyl (C=O) groups excluding carboxylic acids is 1. The van der Waals surface area contributed by atoms with Crippen molar-refractivity contribution in [2.45, 2.75) is 19.8 Å². The van der Waals surface area contributed by atoms with Gasteiger partial charge >= 0.3 is 0 Å². The molecular formula is C15H18N2O3S2. The third kappa shape index (κ3) is 5.16. The molecule has 5 nitrogen and oxygen atoms in total. The molecule has 0 aliphatic heterocycles. The summed E-state index contributed by atoms with van der Waals surface area (Å²) in [6.07, 6.45) is 0.857. The molecular weight excluding hydrogens is 320 g/mol. The Hall–Kier alpha value is -1.86. The molecule has 1 aromatic carbocycles. The van der Waals surface area contributed by atoms with Crippen molar-refractivity contribution < 1.29 is 13.2 Å². The Labute approximate surface area is 134 Å². The van der Waals surface area contributed by atoms with E-state index in [0.717, 1.165) is 4.88 Å². The molecule has 0 saturated heterocycles. The molecule has 0 unspecified atom stereocenters. The summed E-state index contributed by atoms with van der Waals surface area (Å²) in [4.78, 5) is 12.9. The van der Waals surface area contributed by atoms with Crippen molar-refractivity contribution in [3.8, 4) is 0 Å². The highest BCUT2D eigenvalue weighted by Crippen LogP contribution is 2.17. The highest BCUT2D eigenvalue weighted by Gasteiger charge is 2.10. The molecule has 0 fully saturated rings. The second-order valence-corrected chi connectivity index (χ2v) is 7.68. The first-order valence-corrected chi connectivity index (χ1v) is 9.44. The Morgan fingerprint density at radius 3 is 2.64 bits per heavy atom. The van der Waals surface area contributed by atoms with Gasteiger partial charge in [0.25, 0.3) is 0 Å². The van der Waals surface area contributed by atoms with Crippen LogP contribution in [0.15, 0.2) is 41.8 Å². The van der Waals surface area contributed by atoms with Crippen LogP contribution in [0.4, 0.5) is 11.4 Å². The molecule has 0 radical (unpaired) electrons. The fourth-order valence-corrected chi connectivity index (χ4v) is 3.77. The van der Waals surface area contributed by atoms with Crippen LogP contribution in [-0.2, 0) is 21.2 Å². The summed E-state index contributed by atoms with van der Waals surface area (Å²) in [6.45, 7) is 1.81. The minimum atomic E-state index is -3.33.